The Labute approximate surface area is 111 Å². The van der Waals surface area contributed by atoms with E-state index in [2.05, 4.69) is 9.71 Å². The minimum Gasteiger partial charge on any atom is -0.480 e. The lowest BCUT2D eigenvalue weighted by atomic mass is 10.1. The highest BCUT2D eigenvalue weighted by Crippen LogP contribution is 2.20. The van der Waals surface area contributed by atoms with E-state index >= 15 is 0 Å². The Morgan fingerprint density at radius 2 is 2.21 bits per heavy atom. The summed E-state index contributed by atoms with van der Waals surface area (Å²) in [5.41, 5.74) is 0. The molecule has 8 heteroatoms. The molecule has 0 aromatic carbocycles. The Balaban J connectivity index is 2.30. The van der Waals surface area contributed by atoms with Crippen LogP contribution in [0.2, 0.25) is 0 Å². The van der Waals surface area contributed by atoms with Crippen LogP contribution in [0.25, 0.3) is 0 Å². The standard InChI is InChI=1S/C11H17N3O4S/c1-7(2)10(11(15)16)13-19(17,18)9-6-12-8-4-3-5-14(8)9/h6-7,10,13H,3-5H2,1-2H3,(H,15,16). The van der Waals surface area contributed by atoms with Gasteiger partial charge in [-0.2, -0.15) is 4.72 Å². The van der Waals surface area contributed by atoms with E-state index in [-0.39, 0.29) is 10.9 Å². The third kappa shape index (κ3) is 2.64. The topological polar surface area (TPSA) is 101 Å². The number of aryl methyl sites for hydroxylation is 1. The first-order valence-corrected chi connectivity index (χ1v) is 7.61. The van der Waals surface area contributed by atoms with Gasteiger partial charge < -0.3 is 9.67 Å². The van der Waals surface area contributed by atoms with E-state index in [1.807, 2.05) is 0 Å². The van der Waals surface area contributed by atoms with Crippen LogP contribution in [-0.2, 0) is 27.8 Å². The van der Waals surface area contributed by atoms with Gasteiger partial charge in [0.05, 0.1) is 6.20 Å². The number of fused-ring (bicyclic) bond motifs is 1. The lowest BCUT2D eigenvalue weighted by molar-refractivity contribution is -0.140. The van der Waals surface area contributed by atoms with E-state index in [0.29, 0.717) is 6.54 Å². The number of carboxylic acid groups (broad SMARTS) is 1. The fourth-order valence-corrected chi connectivity index (χ4v) is 3.65. The number of imidazole rings is 1. The van der Waals surface area contributed by atoms with Crippen molar-refractivity contribution in [2.24, 2.45) is 5.92 Å². The van der Waals surface area contributed by atoms with Gasteiger partial charge in [0.1, 0.15) is 11.9 Å². The Kier molecular flexibility index (Phi) is 3.64. The molecule has 2 rings (SSSR count). The molecule has 0 aliphatic carbocycles. The van der Waals surface area contributed by atoms with Crippen molar-refractivity contribution in [3.8, 4) is 0 Å². The van der Waals surface area contributed by atoms with Gasteiger partial charge in [0.25, 0.3) is 10.0 Å². The van der Waals surface area contributed by atoms with Crippen LogP contribution in [-0.4, -0.2) is 35.1 Å². The lowest BCUT2D eigenvalue weighted by Crippen LogP contribution is -2.44. The van der Waals surface area contributed by atoms with Crippen LogP contribution in [0.4, 0.5) is 0 Å². The van der Waals surface area contributed by atoms with E-state index in [1.165, 1.54) is 6.20 Å². The van der Waals surface area contributed by atoms with Crippen LogP contribution in [0, 0.1) is 5.92 Å². The summed E-state index contributed by atoms with van der Waals surface area (Å²) in [5.74, 6) is -0.787. The molecular formula is C11H17N3O4S. The van der Waals surface area contributed by atoms with Crippen molar-refractivity contribution in [2.75, 3.05) is 0 Å². The SMILES string of the molecule is CC(C)C(NS(=O)(=O)c1cnc2n1CCC2)C(=O)O. The van der Waals surface area contributed by atoms with E-state index < -0.39 is 22.0 Å². The molecule has 1 aromatic rings. The third-order valence-electron chi connectivity index (χ3n) is 3.17. The Bertz CT molecular complexity index is 591. The van der Waals surface area contributed by atoms with Gasteiger partial charge in [0.15, 0.2) is 5.03 Å². The molecule has 106 valence electrons. The maximum Gasteiger partial charge on any atom is 0.322 e. The van der Waals surface area contributed by atoms with Gasteiger partial charge in [-0.1, -0.05) is 13.8 Å². The summed E-state index contributed by atoms with van der Waals surface area (Å²) < 4.78 is 28.3. The summed E-state index contributed by atoms with van der Waals surface area (Å²) in [6.07, 6.45) is 2.90. The zero-order chi connectivity index (χ0) is 14.2. The molecule has 1 unspecified atom stereocenters. The minimum absolute atomic E-state index is 0.0481. The lowest BCUT2D eigenvalue weighted by Gasteiger charge is -2.18. The second-order valence-corrected chi connectivity index (χ2v) is 6.61. The monoisotopic (exact) mass is 287 g/mol. The third-order valence-corrected chi connectivity index (χ3v) is 4.61. The number of carbonyl (C=O) groups is 1. The number of hydrogen-bond donors (Lipinski definition) is 2. The Morgan fingerprint density at radius 3 is 2.79 bits per heavy atom. The smallest absolute Gasteiger partial charge is 0.322 e. The average molecular weight is 287 g/mol. The second kappa shape index (κ2) is 4.93. The number of aliphatic carboxylic acids is 1. The number of nitrogens with one attached hydrogen (secondary N) is 1. The summed E-state index contributed by atoms with van der Waals surface area (Å²) in [6.45, 7) is 3.91. The van der Waals surface area contributed by atoms with Crippen LogP contribution in [0.3, 0.4) is 0 Å². The molecule has 1 aliphatic rings. The molecule has 0 saturated heterocycles. The zero-order valence-corrected chi connectivity index (χ0v) is 11.6. The largest absolute Gasteiger partial charge is 0.480 e. The van der Waals surface area contributed by atoms with Crippen LogP contribution in [0.15, 0.2) is 11.2 Å². The van der Waals surface area contributed by atoms with Crippen molar-refractivity contribution >= 4 is 16.0 Å². The highest BCUT2D eigenvalue weighted by Gasteiger charge is 2.31. The van der Waals surface area contributed by atoms with Crippen LogP contribution in [0.5, 0.6) is 0 Å². The van der Waals surface area contributed by atoms with Crippen LogP contribution >= 0.6 is 0 Å². The number of rotatable bonds is 5. The summed E-state index contributed by atoms with van der Waals surface area (Å²) in [6, 6.07) is -1.14. The quantitative estimate of drug-likeness (QED) is 0.806. The van der Waals surface area contributed by atoms with E-state index in [4.69, 9.17) is 5.11 Å². The molecule has 1 aromatic heterocycles. The first-order valence-electron chi connectivity index (χ1n) is 6.12. The van der Waals surface area contributed by atoms with Gasteiger partial charge >= 0.3 is 5.97 Å². The molecule has 1 atom stereocenters. The second-order valence-electron chi connectivity index (χ2n) is 4.95. The molecule has 0 radical (unpaired) electrons. The van der Waals surface area contributed by atoms with Gasteiger partial charge in [-0.3, -0.25) is 4.79 Å². The molecular weight excluding hydrogens is 270 g/mol. The summed E-state index contributed by atoms with van der Waals surface area (Å²) in [4.78, 5) is 15.1. The van der Waals surface area contributed by atoms with Crippen molar-refractivity contribution in [1.82, 2.24) is 14.3 Å². The van der Waals surface area contributed by atoms with E-state index in [1.54, 1.807) is 18.4 Å². The molecule has 0 saturated carbocycles. The maximum absolute atomic E-state index is 12.2. The van der Waals surface area contributed by atoms with Crippen molar-refractivity contribution in [1.29, 1.82) is 0 Å². The highest BCUT2D eigenvalue weighted by atomic mass is 32.2. The first kappa shape index (κ1) is 14.0. The highest BCUT2D eigenvalue weighted by molar-refractivity contribution is 7.89. The molecule has 7 nitrogen and oxygen atoms in total. The fraction of sp³-hybridized carbons (Fsp3) is 0.636. The van der Waals surface area contributed by atoms with Gasteiger partial charge in [-0.15, -0.1) is 0 Å². The molecule has 0 fully saturated rings. The van der Waals surface area contributed by atoms with Gasteiger partial charge in [0.2, 0.25) is 0 Å². The van der Waals surface area contributed by atoms with Gasteiger partial charge in [0, 0.05) is 13.0 Å². The summed E-state index contributed by atoms with van der Waals surface area (Å²) in [7, 11) is -3.86. The van der Waals surface area contributed by atoms with Crippen molar-refractivity contribution in [2.45, 2.75) is 44.3 Å². The zero-order valence-electron chi connectivity index (χ0n) is 10.8. The fourth-order valence-electron chi connectivity index (χ4n) is 2.14. The normalized spacial score (nSPS) is 16.6. The number of aromatic nitrogens is 2. The number of hydrogen-bond acceptors (Lipinski definition) is 4. The van der Waals surface area contributed by atoms with Crippen molar-refractivity contribution in [3.05, 3.63) is 12.0 Å². The van der Waals surface area contributed by atoms with E-state index in [0.717, 1.165) is 18.7 Å². The molecule has 19 heavy (non-hydrogen) atoms. The molecule has 0 spiro atoms. The van der Waals surface area contributed by atoms with Gasteiger partial charge in [-0.25, -0.2) is 13.4 Å². The molecule has 2 heterocycles. The predicted molar refractivity (Wildman–Crippen MR) is 67.1 cm³/mol. The van der Waals surface area contributed by atoms with Crippen molar-refractivity contribution < 1.29 is 18.3 Å². The van der Waals surface area contributed by atoms with E-state index in [9.17, 15) is 13.2 Å². The maximum atomic E-state index is 12.2. The number of sulfonamides is 1. The number of nitrogens with zero attached hydrogens (tertiary/aromatic N) is 2. The van der Waals surface area contributed by atoms with Gasteiger partial charge in [-0.05, 0) is 12.3 Å². The van der Waals surface area contributed by atoms with Crippen LogP contribution in [0.1, 0.15) is 26.1 Å². The summed E-state index contributed by atoms with van der Waals surface area (Å²) >= 11 is 0. The Morgan fingerprint density at radius 1 is 1.53 bits per heavy atom. The van der Waals surface area contributed by atoms with Crippen molar-refractivity contribution in [3.63, 3.8) is 0 Å². The molecule has 0 amide bonds. The Hall–Kier alpha value is -1.41. The predicted octanol–water partition coefficient (Wildman–Crippen LogP) is 0.217. The van der Waals surface area contributed by atoms with Crippen LogP contribution < -0.4 is 4.72 Å². The molecule has 0 bridgehead atoms. The summed E-state index contributed by atoms with van der Waals surface area (Å²) in [5, 5.41) is 9.10. The first-order chi connectivity index (χ1) is 8.83. The minimum atomic E-state index is -3.86. The molecule has 1 aliphatic heterocycles. The average Bonchev–Trinajstić information content (AvgIpc) is 2.85. The molecule has 2 N–H and O–H groups in total. The number of carboxylic acids is 1.